The number of carbonyl (C=O) groups excluding carboxylic acids is 2. The van der Waals surface area contributed by atoms with Crippen LogP contribution in [0, 0.1) is 12.7 Å². The summed E-state index contributed by atoms with van der Waals surface area (Å²) in [7, 11) is 0. The highest BCUT2D eigenvalue weighted by Gasteiger charge is 2.38. The first-order chi connectivity index (χ1) is 14.2. The Morgan fingerprint density at radius 2 is 2.03 bits per heavy atom. The Labute approximate surface area is 176 Å². The van der Waals surface area contributed by atoms with Crippen LogP contribution in [0.1, 0.15) is 67.0 Å². The van der Waals surface area contributed by atoms with Gasteiger partial charge in [-0.25, -0.2) is 9.18 Å². The highest BCUT2D eigenvalue weighted by atomic mass is 19.1. The van der Waals surface area contributed by atoms with Crippen LogP contribution in [0.15, 0.2) is 24.4 Å². The molecule has 1 aromatic carbocycles. The molecule has 0 aliphatic carbocycles. The van der Waals surface area contributed by atoms with Gasteiger partial charge in [0.25, 0.3) is 5.91 Å². The second-order valence-corrected chi connectivity index (χ2v) is 8.22. The number of esters is 1. The van der Waals surface area contributed by atoms with Crippen LogP contribution in [-0.4, -0.2) is 40.1 Å². The van der Waals surface area contributed by atoms with Gasteiger partial charge in [-0.3, -0.25) is 9.89 Å². The van der Waals surface area contributed by atoms with Crippen molar-refractivity contribution in [2.24, 2.45) is 0 Å². The lowest BCUT2D eigenvalue weighted by Gasteiger charge is -2.30. The van der Waals surface area contributed by atoms with Crippen LogP contribution in [0.2, 0.25) is 0 Å². The number of benzene rings is 1. The second-order valence-electron chi connectivity index (χ2n) is 8.22. The Morgan fingerprint density at radius 3 is 2.67 bits per heavy atom. The fourth-order valence-corrected chi connectivity index (χ4v) is 3.88. The molecule has 2 aromatic rings. The number of H-pyrrole nitrogens is 1. The number of nitrogens with zero attached hydrogens (tertiary/aromatic N) is 2. The molecule has 6 nitrogen and oxygen atoms in total. The molecule has 0 fully saturated rings. The first-order valence-electron chi connectivity index (χ1n) is 10.2. The van der Waals surface area contributed by atoms with E-state index in [0.29, 0.717) is 17.8 Å². The molecule has 0 saturated carbocycles. The van der Waals surface area contributed by atoms with Crippen LogP contribution in [-0.2, 0) is 21.4 Å². The molecule has 1 aliphatic rings. The largest absolute Gasteiger partial charge is 0.462 e. The van der Waals surface area contributed by atoms with Gasteiger partial charge in [0.15, 0.2) is 0 Å². The van der Waals surface area contributed by atoms with E-state index < -0.39 is 17.2 Å². The van der Waals surface area contributed by atoms with Crippen molar-refractivity contribution in [3.8, 4) is 0 Å². The standard InChI is InChI=1S/C23H28FN3O3/c1-6-8-18-19-20(26-25-18)16(22(29)30-7-2)12-27(13-23(19,4)5)21(28)15-10-9-14(3)17(24)11-15/h9-12H,6-8,13H2,1-5H3,(H,25,26). The van der Waals surface area contributed by atoms with E-state index in [1.807, 2.05) is 13.8 Å². The summed E-state index contributed by atoms with van der Waals surface area (Å²) < 4.78 is 19.3. The number of nitrogens with one attached hydrogen (secondary N) is 1. The summed E-state index contributed by atoms with van der Waals surface area (Å²) in [4.78, 5) is 27.5. The van der Waals surface area contributed by atoms with Gasteiger partial charge < -0.3 is 9.64 Å². The maximum atomic E-state index is 14.1. The first kappa shape index (κ1) is 21.7. The number of aryl methyl sites for hydroxylation is 2. The third-order valence-electron chi connectivity index (χ3n) is 5.30. The van der Waals surface area contributed by atoms with Crippen LogP contribution in [0.4, 0.5) is 4.39 Å². The van der Waals surface area contributed by atoms with Gasteiger partial charge in [0.2, 0.25) is 0 Å². The zero-order chi connectivity index (χ0) is 22.1. The monoisotopic (exact) mass is 413 g/mol. The van der Waals surface area contributed by atoms with Crippen molar-refractivity contribution < 1.29 is 18.7 Å². The molecule has 3 rings (SSSR count). The maximum absolute atomic E-state index is 14.1. The zero-order valence-electron chi connectivity index (χ0n) is 18.1. The van der Waals surface area contributed by atoms with Crippen molar-refractivity contribution >= 4 is 17.4 Å². The number of fused-ring (bicyclic) bond motifs is 1. The molecule has 1 amide bonds. The molecule has 160 valence electrons. The van der Waals surface area contributed by atoms with Gasteiger partial charge in [-0.2, -0.15) is 5.10 Å². The number of ether oxygens (including phenoxy) is 1. The van der Waals surface area contributed by atoms with Crippen molar-refractivity contribution in [2.45, 2.75) is 52.9 Å². The number of hydrogen-bond donors (Lipinski definition) is 1. The molecule has 1 aromatic heterocycles. The lowest BCUT2D eigenvalue weighted by molar-refractivity contribution is -0.136. The van der Waals surface area contributed by atoms with Gasteiger partial charge in [-0.1, -0.05) is 33.3 Å². The molecule has 0 unspecified atom stereocenters. The predicted molar refractivity (Wildman–Crippen MR) is 112 cm³/mol. The van der Waals surface area contributed by atoms with Crippen LogP contribution in [0.5, 0.6) is 0 Å². The van der Waals surface area contributed by atoms with Crippen LogP contribution >= 0.6 is 0 Å². The van der Waals surface area contributed by atoms with E-state index in [2.05, 4.69) is 17.1 Å². The van der Waals surface area contributed by atoms with Gasteiger partial charge in [0.1, 0.15) is 17.1 Å². The van der Waals surface area contributed by atoms with E-state index in [1.54, 1.807) is 26.0 Å². The fourth-order valence-electron chi connectivity index (χ4n) is 3.88. The summed E-state index contributed by atoms with van der Waals surface area (Å²) in [5.41, 5.74) is 2.79. The van der Waals surface area contributed by atoms with E-state index in [1.165, 1.54) is 17.2 Å². The second kappa shape index (κ2) is 8.42. The van der Waals surface area contributed by atoms with E-state index >= 15 is 0 Å². The Kier molecular flexibility index (Phi) is 6.10. The topological polar surface area (TPSA) is 75.3 Å². The number of aromatic amines is 1. The van der Waals surface area contributed by atoms with Gasteiger partial charge in [-0.05, 0) is 38.0 Å². The van der Waals surface area contributed by atoms with Gasteiger partial charge in [0, 0.05) is 35.0 Å². The maximum Gasteiger partial charge on any atom is 0.341 e. The van der Waals surface area contributed by atoms with Crippen molar-refractivity contribution in [3.05, 3.63) is 58.3 Å². The number of halogens is 1. The Hall–Kier alpha value is -2.96. The van der Waals surface area contributed by atoms with Crippen LogP contribution < -0.4 is 0 Å². The molecular weight excluding hydrogens is 385 g/mol. The van der Waals surface area contributed by atoms with Gasteiger partial charge in [0.05, 0.1) is 6.61 Å². The number of aromatic nitrogens is 2. The number of rotatable bonds is 5. The molecular formula is C23H28FN3O3. The van der Waals surface area contributed by atoms with Crippen molar-refractivity contribution in [2.75, 3.05) is 13.2 Å². The number of amides is 1. The third-order valence-corrected chi connectivity index (χ3v) is 5.30. The molecule has 1 aliphatic heterocycles. The highest BCUT2D eigenvalue weighted by Crippen LogP contribution is 2.37. The minimum atomic E-state index is -0.543. The molecule has 30 heavy (non-hydrogen) atoms. The van der Waals surface area contributed by atoms with E-state index in [-0.39, 0.29) is 23.7 Å². The normalized spacial score (nSPS) is 15.3. The van der Waals surface area contributed by atoms with Crippen molar-refractivity contribution in [1.29, 1.82) is 0 Å². The van der Waals surface area contributed by atoms with Crippen LogP contribution in [0.3, 0.4) is 0 Å². The summed E-state index contributed by atoms with van der Waals surface area (Å²) in [6, 6.07) is 4.40. The molecule has 0 atom stereocenters. The average molecular weight is 413 g/mol. The summed E-state index contributed by atoms with van der Waals surface area (Å²) >= 11 is 0. The lowest BCUT2D eigenvalue weighted by Crippen LogP contribution is -2.37. The molecule has 2 heterocycles. The van der Waals surface area contributed by atoms with E-state index in [9.17, 15) is 14.0 Å². The lowest BCUT2D eigenvalue weighted by atomic mass is 9.81. The van der Waals surface area contributed by atoms with Crippen molar-refractivity contribution in [3.63, 3.8) is 0 Å². The summed E-state index contributed by atoms with van der Waals surface area (Å²) in [6.45, 7) is 9.99. The smallest absolute Gasteiger partial charge is 0.341 e. The van der Waals surface area contributed by atoms with Gasteiger partial charge in [-0.15, -0.1) is 0 Å². The summed E-state index contributed by atoms with van der Waals surface area (Å²) in [5.74, 6) is -1.36. The summed E-state index contributed by atoms with van der Waals surface area (Å²) in [5, 5.41) is 7.48. The van der Waals surface area contributed by atoms with E-state index in [0.717, 1.165) is 24.1 Å². The predicted octanol–water partition coefficient (Wildman–Crippen LogP) is 4.15. The quantitative estimate of drug-likeness (QED) is 0.748. The Balaban J connectivity index is 2.12. The fraction of sp³-hybridized carbons (Fsp3) is 0.435. The zero-order valence-corrected chi connectivity index (χ0v) is 18.1. The molecule has 0 spiro atoms. The molecule has 0 saturated heterocycles. The first-order valence-corrected chi connectivity index (χ1v) is 10.2. The summed E-state index contributed by atoms with van der Waals surface area (Å²) in [6.07, 6.45) is 3.18. The van der Waals surface area contributed by atoms with E-state index in [4.69, 9.17) is 4.74 Å². The minimum Gasteiger partial charge on any atom is -0.462 e. The highest BCUT2D eigenvalue weighted by molar-refractivity contribution is 6.17. The minimum absolute atomic E-state index is 0.207. The third kappa shape index (κ3) is 4.01. The average Bonchev–Trinajstić information content (AvgIpc) is 3.06. The number of carbonyl (C=O) groups is 2. The SMILES string of the molecule is CCCc1[nH]nc2c1C(C)(C)CN(C(=O)c1ccc(C)c(F)c1)C=C2C(=O)OCC. The van der Waals surface area contributed by atoms with Crippen LogP contribution in [0.25, 0.3) is 5.57 Å². The Morgan fingerprint density at radius 1 is 1.30 bits per heavy atom. The molecule has 0 radical (unpaired) electrons. The Bertz CT molecular complexity index is 1010. The molecule has 7 heteroatoms. The van der Waals surface area contributed by atoms with Gasteiger partial charge >= 0.3 is 5.97 Å². The van der Waals surface area contributed by atoms with Crippen molar-refractivity contribution in [1.82, 2.24) is 15.1 Å². The molecule has 0 bridgehead atoms. The number of hydrogen-bond acceptors (Lipinski definition) is 4. The molecule has 1 N–H and O–H groups in total.